The molecule has 1 amide bonds. The molecule has 1 aromatic heterocycles. The van der Waals surface area contributed by atoms with Gasteiger partial charge in [0.15, 0.2) is 0 Å². The molecule has 1 saturated carbocycles. The largest absolute Gasteiger partial charge is 0.478 e. The number of rotatable bonds is 7. The highest BCUT2D eigenvalue weighted by atomic mass is 19.1. The van der Waals surface area contributed by atoms with Crippen molar-refractivity contribution in [2.45, 2.75) is 51.2 Å². The Morgan fingerprint density at radius 2 is 1.96 bits per heavy atom. The first-order chi connectivity index (χ1) is 13.1. The Hall–Kier alpha value is -2.90. The summed E-state index contributed by atoms with van der Waals surface area (Å²) in [4.78, 5) is 24.0. The molecular weight excluding hydrogens is 365 g/mol. The van der Waals surface area contributed by atoms with Crippen molar-refractivity contribution in [1.82, 2.24) is 15.1 Å². The van der Waals surface area contributed by atoms with Crippen LogP contribution in [0.25, 0.3) is 0 Å². The summed E-state index contributed by atoms with van der Waals surface area (Å²) >= 11 is 0. The fraction of sp³-hybridized carbons (Fsp3) is 0.450. The second-order valence-electron chi connectivity index (χ2n) is 7.92. The summed E-state index contributed by atoms with van der Waals surface area (Å²) in [5.74, 6) is -1.52. The normalized spacial score (nSPS) is 15.1. The van der Waals surface area contributed by atoms with Gasteiger partial charge in [-0.25, -0.2) is 9.18 Å². The van der Waals surface area contributed by atoms with Gasteiger partial charge in [-0.1, -0.05) is 0 Å². The minimum atomic E-state index is -1.30. The Labute approximate surface area is 162 Å². The van der Waals surface area contributed by atoms with E-state index in [4.69, 9.17) is 4.74 Å². The molecule has 0 radical (unpaired) electrons. The van der Waals surface area contributed by atoms with Crippen molar-refractivity contribution in [2.75, 3.05) is 6.54 Å². The smallest absolute Gasteiger partial charge is 0.346 e. The van der Waals surface area contributed by atoms with Gasteiger partial charge >= 0.3 is 5.97 Å². The van der Waals surface area contributed by atoms with Gasteiger partial charge in [-0.3, -0.25) is 9.48 Å². The van der Waals surface area contributed by atoms with E-state index in [0.717, 1.165) is 18.5 Å². The van der Waals surface area contributed by atoms with Gasteiger partial charge in [-0.2, -0.15) is 5.10 Å². The van der Waals surface area contributed by atoms with Crippen molar-refractivity contribution in [3.05, 3.63) is 47.5 Å². The van der Waals surface area contributed by atoms with Crippen LogP contribution >= 0.6 is 0 Å². The average Bonchev–Trinajstić information content (AvgIpc) is 3.36. The molecule has 0 aliphatic heterocycles. The SMILES string of the molecule is CC(C)(C)n1nc(C(=O)NCC(Oc2ccc(F)cc2)C(=O)O)cc1C1CC1. The van der Waals surface area contributed by atoms with E-state index in [1.165, 1.54) is 24.3 Å². The lowest BCUT2D eigenvalue weighted by molar-refractivity contribution is -0.144. The van der Waals surface area contributed by atoms with Crippen LogP contribution < -0.4 is 10.1 Å². The summed E-state index contributed by atoms with van der Waals surface area (Å²) in [5.41, 5.74) is 1.02. The molecule has 28 heavy (non-hydrogen) atoms. The van der Waals surface area contributed by atoms with Gasteiger partial charge in [0.1, 0.15) is 17.3 Å². The molecular formula is C20H24FN3O4. The number of aromatic nitrogens is 2. The molecule has 0 spiro atoms. The van der Waals surface area contributed by atoms with Gasteiger partial charge < -0.3 is 15.2 Å². The van der Waals surface area contributed by atoms with Crippen molar-refractivity contribution < 1.29 is 23.8 Å². The van der Waals surface area contributed by atoms with Crippen molar-refractivity contribution >= 4 is 11.9 Å². The number of carboxylic acid groups (broad SMARTS) is 1. The summed E-state index contributed by atoms with van der Waals surface area (Å²) in [6.07, 6.45) is 0.854. The maximum absolute atomic E-state index is 13.0. The lowest BCUT2D eigenvalue weighted by atomic mass is 10.1. The second-order valence-corrected chi connectivity index (χ2v) is 7.92. The van der Waals surface area contributed by atoms with E-state index < -0.39 is 23.8 Å². The van der Waals surface area contributed by atoms with Crippen LogP contribution in [0.2, 0.25) is 0 Å². The van der Waals surface area contributed by atoms with E-state index in [1.54, 1.807) is 6.07 Å². The number of aliphatic carboxylic acids is 1. The number of hydrogen-bond donors (Lipinski definition) is 2. The maximum atomic E-state index is 13.0. The van der Waals surface area contributed by atoms with E-state index in [0.29, 0.717) is 5.92 Å². The number of halogens is 1. The van der Waals surface area contributed by atoms with E-state index in [1.807, 2.05) is 25.5 Å². The highest BCUT2D eigenvalue weighted by Crippen LogP contribution is 2.41. The molecule has 2 N–H and O–H groups in total. The second kappa shape index (κ2) is 7.61. The molecule has 1 unspecified atom stereocenters. The van der Waals surface area contributed by atoms with Gasteiger partial charge in [0, 0.05) is 11.6 Å². The van der Waals surface area contributed by atoms with E-state index in [-0.39, 0.29) is 23.5 Å². The number of hydrogen-bond acceptors (Lipinski definition) is 4. The highest BCUT2D eigenvalue weighted by Gasteiger charge is 2.32. The van der Waals surface area contributed by atoms with E-state index in [2.05, 4.69) is 10.4 Å². The van der Waals surface area contributed by atoms with Crippen LogP contribution in [0.3, 0.4) is 0 Å². The molecule has 7 nitrogen and oxygen atoms in total. The maximum Gasteiger partial charge on any atom is 0.346 e. The fourth-order valence-electron chi connectivity index (χ4n) is 2.85. The highest BCUT2D eigenvalue weighted by molar-refractivity contribution is 5.92. The number of carbonyl (C=O) groups excluding carboxylic acids is 1. The molecule has 2 aromatic rings. The Kier molecular flexibility index (Phi) is 5.40. The summed E-state index contributed by atoms with van der Waals surface area (Å²) in [6, 6.07) is 6.78. The minimum Gasteiger partial charge on any atom is -0.478 e. The van der Waals surface area contributed by atoms with Gasteiger partial charge in [-0.05, 0) is 63.9 Å². The Morgan fingerprint density at radius 3 is 2.50 bits per heavy atom. The van der Waals surface area contributed by atoms with E-state index >= 15 is 0 Å². The lowest BCUT2D eigenvalue weighted by Gasteiger charge is -2.22. The molecule has 1 atom stereocenters. The van der Waals surface area contributed by atoms with Crippen molar-refractivity contribution in [2.24, 2.45) is 0 Å². The van der Waals surface area contributed by atoms with Crippen LogP contribution in [-0.4, -0.2) is 39.4 Å². The van der Waals surface area contributed by atoms with Crippen molar-refractivity contribution in [3.63, 3.8) is 0 Å². The topological polar surface area (TPSA) is 93.5 Å². The van der Waals surface area contributed by atoms with Gasteiger partial charge in [0.25, 0.3) is 5.91 Å². The zero-order valence-corrected chi connectivity index (χ0v) is 16.1. The molecule has 0 bridgehead atoms. The van der Waals surface area contributed by atoms with Crippen LogP contribution in [0, 0.1) is 5.82 Å². The number of nitrogens with zero attached hydrogens (tertiary/aromatic N) is 2. The summed E-state index contributed by atoms with van der Waals surface area (Å²) in [6.45, 7) is 5.81. The molecule has 1 heterocycles. The molecule has 8 heteroatoms. The number of benzene rings is 1. The van der Waals surface area contributed by atoms with Crippen LogP contribution in [0.5, 0.6) is 5.75 Å². The van der Waals surface area contributed by atoms with Crippen molar-refractivity contribution in [3.8, 4) is 5.75 Å². The third kappa shape index (κ3) is 4.68. The molecule has 1 aliphatic carbocycles. The molecule has 1 aliphatic rings. The molecule has 1 aromatic carbocycles. The Morgan fingerprint density at radius 1 is 1.32 bits per heavy atom. The molecule has 1 fully saturated rings. The van der Waals surface area contributed by atoms with Crippen LogP contribution in [0.1, 0.15) is 55.7 Å². The number of nitrogens with one attached hydrogen (secondary N) is 1. The number of carbonyl (C=O) groups is 2. The first-order valence-electron chi connectivity index (χ1n) is 9.19. The quantitative estimate of drug-likeness (QED) is 0.759. The average molecular weight is 389 g/mol. The van der Waals surface area contributed by atoms with Crippen LogP contribution in [-0.2, 0) is 10.3 Å². The molecule has 3 rings (SSSR count). The third-order valence-electron chi connectivity index (χ3n) is 4.42. The van der Waals surface area contributed by atoms with Crippen LogP contribution in [0.4, 0.5) is 4.39 Å². The monoisotopic (exact) mass is 389 g/mol. The number of carboxylic acids is 1. The third-order valence-corrected chi connectivity index (χ3v) is 4.42. The lowest BCUT2D eigenvalue weighted by Crippen LogP contribution is -2.40. The molecule has 150 valence electrons. The first kappa shape index (κ1) is 19.9. The van der Waals surface area contributed by atoms with Gasteiger partial charge in [0.05, 0.1) is 12.1 Å². The summed E-state index contributed by atoms with van der Waals surface area (Å²) in [5, 5.41) is 16.3. The standard InChI is InChI=1S/C20H24FN3O4/c1-20(2,3)24-16(12-4-5-12)10-15(23-24)18(25)22-11-17(19(26)27)28-14-8-6-13(21)7-9-14/h6-10,12,17H,4-5,11H2,1-3H3,(H,22,25)(H,26,27). The first-order valence-corrected chi connectivity index (χ1v) is 9.19. The number of amides is 1. The fourth-order valence-corrected chi connectivity index (χ4v) is 2.85. The molecule has 0 saturated heterocycles. The summed E-state index contributed by atoms with van der Waals surface area (Å²) in [7, 11) is 0. The minimum absolute atomic E-state index is 0.205. The van der Waals surface area contributed by atoms with Crippen LogP contribution in [0.15, 0.2) is 30.3 Å². The van der Waals surface area contributed by atoms with Gasteiger partial charge in [0.2, 0.25) is 6.10 Å². The Balaban J connectivity index is 1.68. The van der Waals surface area contributed by atoms with Gasteiger partial charge in [-0.15, -0.1) is 0 Å². The number of ether oxygens (including phenoxy) is 1. The van der Waals surface area contributed by atoms with E-state index in [9.17, 15) is 19.1 Å². The van der Waals surface area contributed by atoms with Crippen molar-refractivity contribution in [1.29, 1.82) is 0 Å². The predicted molar refractivity (Wildman–Crippen MR) is 100.0 cm³/mol. The zero-order valence-electron chi connectivity index (χ0n) is 16.1. The summed E-state index contributed by atoms with van der Waals surface area (Å²) < 4.78 is 20.2. The predicted octanol–water partition coefficient (Wildman–Crippen LogP) is 2.92. The Bertz CT molecular complexity index is 867. The zero-order chi connectivity index (χ0) is 20.5.